The number of aryl methyl sites for hydroxylation is 1. The van der Waals surface area contributed by atoms with E-state index in [0.29, 0.717) is 16.8 Å². The number of aromatic nitrogens is 1. The van der Waals surface area contributed by atoms with Crippen molar-refractivity contribution in [2.24, 2.45) is 0 Å². The van der Waals surface area contributed by atoms with E-state index in [0.717, 1.165) is 18.4 Å². The maximum Gasteiger partial charge on any atom is 0.135 e. The molecule has 1 aromatic carbocycles. The average molecular weight is 252 g/mol. The van der Waals surface area contributed by atoms with Crippen LogP contribution in [0.25, 0.3) is 11.3 Å². The van der Waals surface area contributed by atoms with Crippen molar-refractivity contribution in [3.05, 3.63) is 53.5 Å². The summed E-state index contributed by atoms with van der Waals surface area (Å²) in [6.45, 7) is 1.74. The van der Waals surface area contributed by atoms with Crippen molar-refractivity contribution < 1.29 is 4.39 Å². The van der Waals surface area contributed by atoms with Crippen molar-refractivity contribution in [2.45, 2.75) is 25.2 Å². The van der Waals surface area contributed by atoms with E-state index >= 15 is 0 Å². The SMILES string of the molecule is Cc1cccc(-c2ccc(C3(C#N)CC3)cn2)c1F. The van der Waals surface area contributed by atoms with E-state index in [-0.39, 0.29) is 11.2 Å². The zero-order valence-corrected chi connectivity index (χ0v) is 10.7. The van der Waals surface area contributed by atoms with E-state index in [4.69, 9.17) is 5.26 Å². The van der Waals surface area contributed by atoms with E-state index in [1.54, 1.807) is 31.3 Å². The standard InChI is InChI=1S/C16H13FN2/c1-11-3-2-4-13(15(11)17)14-6-5-12(9-19-14)16(10-18)7-8-16/h2-6,9H,7-8H2,1H3. The fourth-order valence-corrected chi connectivity index (χ4v) is 2.27. The molecular weight excluding hydrogens is 239 g/mol. The van der Waals surface area contributed by atoms with Crippen molar-refractivity contribution in [2.75, 3.05) is 0 Å². The number of nitriles is 1. The molecule has 2 aromatic rings. The second-order valence-electron chi connectivity index (χ2n) is 5.06. The van der Waals surface area contributed by atoms with Crippen LogP contribution in [0.4, 0.5) is 4.39 Å². The molecule has 0 radical (unpaired) electrons. The fraction of sp³-hybridized carbons (Fsp3) is 0.250. The molecule has 1 aliphatic carbocycles. The van der Waals surface area contributed by atoms with Crippen LogP contribution in [0.5, 0.6) is 0 Å². The minimum absolute atomic E-state index is 0.232. The van der Waals surface area contributed by atoms with Gasteiger partial charge < -0.3 is 0 Å². The van der Waals surface area contributed by atoms with E-state index < -0.39 is 0 Å². The minimum Gasteiger partial charge on any atom is -0.256 e. The largest absolute Gasteiger partial charge is 0.256 e. The predicted octanol–water partition coefficient (Wildman–Crippen LogP) is 3.75. The quantitative estimate of drug-likeness (QED) is 0.816. The molecule has 1 heterocycles. The number of hydrogen-bond acceptors (Lipinski definition) is 2. The normalized spacial score (nSPS) is 15.8. The van der Waals surface area contributed by atoms with Gasteiger partial charge in [0.15, 0.2) is 0 Å². The zero-order chi connectivity index (χ0) is 13.5. The van der Waals surface area contributed by atoms with Crippen molar-refractivity contribution in [3.63, 3.8) is 0 Å². The monoisotopic (exact) mass is 252 g/mol. The smallest absolute Gasteiger partial charge is 0.135 e. The Hall–Kier alpha value is -2.21. The maximum absolute atomic E-state index is 14.0. The number of hydrogen-bond donors (Lipinski definition) is 0. The Balaban J connectivity index is 2.00. The molecule has 1 aromatic heterocycles. The lowest BCUT2D eigenvalue weighted by Crippen LogP contribution is -2.03. The van der Waals surface area contributed by atoms with E-state index in [1.165, 1.54) is 0 Å². The third kappa shape index (κ3) is 1.90. The Morgan fingerprint density at radius 1 is 1.26 bits per heavy atom. The van der Waals surface area contributed by atoms with Crippen molar-refractivity contribution in [1.82, 2.24) is 4.98 Å². The second-order valence-corrected chi connectivity index (χ2v) is 5.06. The Morgan fingerprint density at radius 3 is 2.63 bits per heavy atom. The van der Waals surface area contributed by atoms with E-state index in [9.17, 15) is 4.39 Å². The van der Waals surface area contributed by atoms with Gasteiger partial charge >= 0.3 is 0 Å². The third-order valence-corrected chi connectivity index (χ3v) is 3.75. The molecule has 1 fully saturated rings. The fourth-order valence-electron chi connectivity index (χ4n) is 2.27. The molecule has 0 bridgehead atoms. The summed E-state index contributed by atoms with van der Waals surface area (Å²) in [4.78, 5) is 4.31. The third-order valence-electron chi connectivity index (χ3n) is 3.75. The number of benzene rings is 1. The first-order chi connectivity index (χ1) is 9.16. The Morgan fingerprint density at radius 2 is 2.05 bits per heavy atom. The highest BCUT2D eigenvalue weighted by molar-refractivity contribution is 5.61. The number of nitrogens with zero attached hydrogens (tertiary/aromatic N) is 2. The van der Waals surface area contributed by atoms with Crippen LogP contribution in [-0.2, 0) is 5.41 Å². The summed E-state index contributed by atoms with van der Waals surface area (Å²) in [5, 5.41) is 9.14. The Bertz CT molecular complexity index is 664. The summed E-state index contributed by atoms with van der Waals surface area (Å²) in [6, 6.07) is 11.3. The molecule has 3 heteroatoms. The van der Waals surface area contributed by atoms with Gasteiger partial charge in [0, 0.05) is 11.8 Å². The van der Waals surface area contributed by atoms with E-state index in [1.807, 2.05) is 12.1 Å². The van der Waals surface area contributed by atoms with Gasteiger partial charge in [-0.1, -0.05) is 18.2 Å². The Kier molecular flexibility index (Phi) is 2.60. The van der Waals surface area contributed by atoms with Gasteiger partial charge in [0.1, 0.15) is 5.82 Å². The number of pyridine rings is 1. The molecule has 1 saturated carbocycles. The molecule has 0 atom stereocenters. The molecule has 0 aliphatic heterocycles. The molecule has 1 aliphatic rings. The van der Waals surface area contributed by atoms with Gasteiger partial charge in [-0.3, -0.25) is 4.98 Å². The zero-order valence-electron chi connectivity index (χ0n) is 10.7. The van der Waals surface area contributed by atoms with Crippen LogP contribution < -0.4 is 0 Å². The molecule has 0 N–H and O–H groups in total. The molecule has 19 heavy (non-hydrogen) atoms. The summed E-state index contributed by atoms with van der Waals surface area (Å²) in [5.74, 6) is -0.232. The van der Waals surface area contributed by atoms with Crippen LogP contribution in [0.3, 0.4) is 0 Å². The molecule has 2 nitrogen and oxygen atoms in total. The van der Waals surface area contributed by atoms with Crippen LogP contribution in [0, 0.1) is 24.1 Å². The molecule has 0 spiro atoms. The van der Waals surface area contributed by atoms with Crippen LogP contribution in [0.2, 0.25) is 0 Å². The first kappa shape index (κ1) is 11.9. The molecule has 94 valence electrons. The summed E-state index contributed by atoms with van der Waals surface area (Å²) >= 11 is 0. The van der Waals surface area contributed by atoms with Crippen LogP contribution in [-0.4, -0.2) is 4.98 Å². The van der Waals surface area contributed by atoms with Crippen LogP contribution in [0.15, 0.2) is 36.5 Å². The van der Waals surface area contributed by atoms with Gasteiger partial charge in [0.2, 0.25) is 0 Å². The Labute approximate surface area is 111 Å². The second kappa shape index (κ2) is 4.17. The molecular formula is C16H13FN2. The number of halogens is 1. The highest BCUT2D eigenvalue weighted by atomic mass is 19.1. The van der Waals surface area contributed by atoms with Gasteiger partial charge in [-0.05, 0) is 43.0 Å². The van der Waals surface area contributed by atoms with Crippen LogP contribution >= 0.6 is 0 Å². The maximum atomic E-state index is 14.0. The molecule has 3 rings (SSSR count). The lowest BCUT2D eigenvalue weighted by Gasteiger charge is -2.08. The lowest BCUT2D eigenvalue weighted by molar-refractivity contribution is 0.621. The van der Waals surface area contributed by atoms with Gasteiger partial charge in [-0.15, -0.1) is 0 Å². The first-order valence-corrected chi connectivity index (χ1v) is 6.29. The van der Waals surface area contributed by atoms with Gasteiger partial charge in [-0.25, -0.2) is 4.39 Å². The molecule has 0 amide bonds. The highest BCUT2D eigenvalue weighted by Gasteiger charge is 2.45. The van der Waals surface area contributed by atoms with E-state index in [2.05, 4.69) is 11.1 Å². The predicted molar refractivity (Wildman–Crippen MR) is 70.9 cm³/mol. The summed E-state index contributed by atoms with van der Waals surface area (Å²) in [5.41, 5.74) is 2.33. The highest BCUT2D eigenvalue weighted by Crippen LogP contribution is 2.47. The average Bonchev–Trinajstić information content (AvgIpc) is 3.23. The number of rotatable bonds is 2. The summed E-state index contributed by atoms with van der Waals surface area (Å²) < 4.78 is 14.0. The lowest BCUT2D eigenvalue weighted by atomic mass is 9.98. The summed E-state index contributed by atoms with van der Waals surface area (Å²) in [7, 11) is 0. The van der Waals surface area contributed by atoms with Gasteiger partial charge in [-0.2, -0.15) is 5.26 Å². The van der Waals surface area contributed by atoms with Crippen LogP contribution in [0.1, 0.15) is 24.0 Å². The topological polar surface area (TPSA) is 36.7 Å². The summed E-state index contributed by atoms with van der Waals surface area (Å²) in [6.07, 6.45) is 3.49. The van der Waals surface area contributed by atoms with Crippen molar-refractivity contribution in [1.29, 1.82) is 5.26 Å². The molecule has 0 unspecified atom stereocenters. The molecule has 0 saturated heterocycles. The minimum atomic E-state index is -0.337. The van der Waals surface area contributed by atoms with Gasteiger partial charge in [0.05, 0.1) is 17.2 Å². The van der Waals surface area contributed by atoms with Crippen molar-refractivity contribution in [3.8, 4) is 17.3 Å². The van der Waals surface area contributed by atoms with Gasteiger partial charge in [0.25, 0.3) is 0 Å². The van der Waals surface area contributed by atoms with Crippen molar-refractivity contribution >= 4 is 0 Å². The first-order valence-electron chi connectivity index (χ1n) is 6.29.